The van der Waals surface area contributed by atoms with Crippen LogP contribution in [0.15, 0.2) is 54.9 Å². The van der Waals surface area contributed by atoms with E-state index in [4.69, 9.17) is 4.74 Å². The van der Waals surface area contributed by atoms with Crippen LogP contribution in [0, 0.1) is 0 Å². The summed E-state index contributed by atoms with van der Waals surface area (Å²) in [5, 5.41) is 9.37. The molecule has 0 saturated heterocycles. The van der Waals surface area contributed by atoms with Crippen LogP contribution in [0.5, 0.6) is 0 Å². The Morgan fingerprint density at radius 3 is 2.39 bits per heavy atom. The van der Waals surface area contributed by atoms with Gasteiger partial charge in [0.15, 0.2) is 0 Å². The fraction of sp³-hybridized carbons (Fsp3) is 0.235. The number of ether oxygens (including phenoxy) is 1. The zero-order valence-electron chi connectivity index (χ0n) is 12.8. The topological polar surface area (TPSA) is 79.7 Å². The van der Waals surface area contributed by atoms with Crippen molar-refractivity contribution >= 4 is 12.1 Å². The maximum absolute atomic E-state index is 12.1. The second kappa shape index (κ2) is 7.93. The van der Waals surface area contributed by atoms with E-state index in [-0.39, 0.29) is 13.0 Å². The van der Waals surface area contributed by atoms with Crippen LogP contribution in [0.2, 0.25) is 0 Å². The van der Waals surface area contributed by atoms with Gasteiger partial charge in [-0.25, -0.2) is 9.59 Å². The van der Waals surface area contributed by atoms with Gasteiger partial charge in [-0.15, -0.1) is 0 Å². The average Bonchev–Trinajstić information content (AvgIpc) is 2.58. The number of rotatable bonds is 6. The van der Waals surface area contributed by atoms with Gasteiger partial charge in [-0.1, -0.05) is 30.3 Å². The summed E-state index contributed by atoms with van der Waals surface area (Å²) in [6.07, 6.45) is 2.69. The third kappa shape index (κ3) is 4.81. The van der Waals surface area contributed by atoms with E-state index >= 15 is 0 Å². The van der Waals surface area contributed by atoms with Gasteiger partial charge < -0.3 is 9.84 Å². The predicted molar refractivity (Wildman–Crippen MR) is 83.8 cm³/mol. The predicted octanol–water partition coefficient (Wildman–Crippen LogP) is 2.35. The van der Waals surface area contributed by atoms with E-state index in [1.165, 1.54) is 7.05 Å². The van der Waals surface area contributed by atoms with Crippen LogP contribution in [0.25, 0.3) is 0 Å². The highest BCUT2D eigenvalue weighted by Crippen LogP contribution is 2.10. The van der Waals surface area contributed by atoms with E-state index in [0.717, 1.165) is 16.0 Å². The highest BCUT2D eigenvalue weighted by Gasteiger charge is 2.27. The number of hydrogen-bond donors (Lipinski definition) is 1. The number of likely N-dealkylation sites (N-methyl/N-ethyl adjacent to an activating group) is 1. The first-order valence-electron chi connectivity index (χ1n) is 7.13. The molecule has 0 spiro atoms. The number of aliphatic carboxylic acids is 1. The number of carboxylic acids is 1. The van der Waals surface area contributed by atoms with E-state index in [1.807, 2.05) is 30.3 Å². The molecule has 1 aromatic carbocycles. The number of carbonyl (C=O) groups is 2. The average molecular weight is 314 g/mol. The molecule has 1 atom stereocenters. The molecular formula is C17H18N2O4. The minimum absolute atomic E-state index is 0.103. The number of benzene rings is 1. The van der Waals surface area contributed by atoms with Crippen molar-refractivity contribution in [2.24, 2.45) is 0 Å². The Hall–Kier alpha value is -2.89. The monoisotopic (exact) mass is 314 g/mol. The fourth-order valence-electron chi connectivity index (χ4n) is 2.08. The lowest BCUT2D eigenvalue weighted by Gasteiger charge is -2.24. The van der Waals surface area contributed by atoms with E-state index in [9.17, 15) is 14.7 Å². The summed E-state index contributed by atoms with van der Waals surface area (Å²) in [6.45, 7) is 0.103. The SMILES string of the molecule is CN(C(=O)OCc1ccccc1)C(Cc1ccncc1)C(=O)O. The second-order valence-corrected chi connectivity index (χ2v) is 5.06. The van der Waals surface area contributed by atoms with Crippen molar-refractivity contribution in [1.82, 2.24) is 9.88 Å². The number of pyridine rings is 1. The maximum atomic E-state index is 12.1. The Morgan fingerprint density at radius 2 is 1.78 bits per heavy atom. The van der Waals surface area contributed by atoms with Gasteiger partial charge in [-0.3, -0.25) is 9.88 Å². The van der Waals surface area contributed by atoms with Crippen LogP contribution in [0.1, 0.15) is 11.1 Å². The highest BCUT2D eigenvalue weighted by atomic mass is 16.6. The normalized spacial score (nSPS) is 11.5. The Bertz CT molecular complexity index is 646. The standard InChI is InChI=1S/C17H18N2O4/c1-19(17(22)23-12-14-5-3-2-4-6-14)15(16(20)21)11-13-7-9-18-10-8-13/h2-10,15H,11-12H2,1H3,(H,20,21). The molecule has 0 aliphatic carbocycles. The molecule has 2 aromatic rings. The second-order valence-electron chi connectivity index (χ2n) is 5.06. The summed E-state index contributed by atoms with van der Waals surface area (Å²) in [6, 6.07) is 11.7. The Morgan fingerprint density at radius 1 is 1.13 bits per heavy atom. The molecule has 1 heterocycles. The largest absolute Gasteiger partial charge is 0.480 e. The van der Waals surface area contributed by atoms with Crippen molar-refractivity contribution in [3.8, 4) is 0 Å². The maximum Gasteiger partial charge on any atom is 0.410 e. The van der Waals surface area contributed by atoms with Gasteiger partial charge in [-0.2, -0.15) is 0 Å². The van der Waals surface area contributed by atoms with Crippen LogP contribution < -0.4 is 0 Å². The zero-order valence-corrected chi connectivity index (χ0v) is 12.8. The first kappa shape index (κ1) is 16.5. The van der Waals surface area contributed by atoms with Gasteiger partial charge in [0.25, 0.3) is 0 Å². The van der Waals surface area contributed by atoms with Crippen molar-refractivity contribution < 1.29 is 19.4 Å². The summed E-state index contributed by atoms with van der Waals surface area (Å²) in [4.78, 5) is 28.5. The summed E-state index contributed by atoms with van der Waals surface area (Å²) in [5.41, 5.74) is 1.63. The molecule has 6 nitrogen and oxygen atoms in total. The summed E-state index contributed by atoms with van der Waals surface area (Å²) >= 11 is 0. The van der Waals surface area contributed by atoms with Gasteiger partial charge >= 0.3 is 12.1 Å². The number of nitrogens with zero attached hydrogens (tertiary/aromatic N) is 2. The summed E-state index contributed by atoms with van der Waals surface area (Å²) < 4.78 is 5.17. The molecule has 23 heavy (non-hydrogen) atoms. The zero-order chi connectivity index (χ0) is 16.7. The number of aromatic nitrogens is 1. The molecule has 1 N–H and O–H groups in total. The van der Waals surface area contributed by atoms with Crippen molar-refractivity contribution in [1.29, 1.82) is 0 Å². The molecule has 0 bridgehead atoms. The molecule has 0 fully saturated rings. The molecule has 1 amide bonds. The number of carboxylic acid groups (broad SMARTS) is 1. The smallest absolute Gasteiger partial charge is 0.410 e. The molecular weight excluding hydrogens is 296 g/mol. The number of carbonyl (C=O) groups excluding carboxylic acids is 1. The van der Waals surface area contributed by atoms with E-state index in [0.29, 0.717) is 0 Å². The van der Waals surface area contributed by atoms with E-state index in [1.54, 1.807) is 24.5 Å². The molecule has 120 valence electrons. The minimum Gasteiger partial charge on any atom is -0.480 e. The lowest BCUT2D eigenvalue weighted by Crippen LogP contribution is -2.44. The van der Waals surface area contributed by atoms with Gasteiger partial charge in [-0.05, 0) is 23.3 Å². The quantitative estimate of drug-likeness (QED) is 0.885. The van der Waals surface area contributed by atoms with Crippen molar-refractivity contribution in [3.05, 3.63) is 66.0 Å². The molecule has 0 aliphatic heterocycles. The third-order valence-electron chi connectivity index (χ3n) is 3.42. The molecule has 1 unspecified atom stereocenters. The van der Waals surface area contributed by atoms with Crippen molar-refractivity contribution in [3.63, 3.8) is 0 Å². The molecule has 0 radical (unpaired) electrons. The Labute approximate surface area is 134 Å². The molecule has 2 rings (SSSR count). The van der Waals surface area contributed by atoms with Crippen LogP contribution in [0.3, 0.4) is 0 Å². The van der Waals surface area contributed by atoms with E-state index in [2.05, 4.69) is 4.98 Å². The first-order valence-corrected chi connectivity index (χ1v) is 7.13. The van der Waals surface area contributed by atoms with Crippen LogP contribution >= 0.6 is 0 Å². The van der Waals surface area contributed by atoms with Crippen LogP contribution in [0.4, 0.5) is 4.79 Å². The third-order valence-corrected chi connectivity index (χ3v) is 3.42. The summed E-state index contributed by atoms with van der Waals surface area (Å²) in [7, 11) is 1.42. The number of hydrogen-bond acceptors (Lipinski definition) is 4. The summed E-state index contributed by atoms with van der Waals surface area (Å²) in [5.74, 6) is -1.08. The van der Waals surface area contributed by atoms with Gasteiger partial charge in [0.2, 0.25) is 0 Å². The Kier molecular flexibility index (Phi) is 5.68. The first-order chi connectivity index (χ1) is 11.1. The van der Waals surface area contributed by atoms with Crippen molar-refractivity contribution in [2.45, 2.75) is 19.1 Å². The van der Waals surface area contributed by atoms with Gasteiger partial charge in [0.05, 0.1) is 0 Å². The van der Waals surface area contributed by atoms with Gasteiger partial charge in [0, 0.05) is 25.9 Å². The molecule has 0 aliphatic rings. The molecule has 6 heteroatoms. The lowest BCUT2D eigenvalue weighted by molar-refractivity contribution is -0.142. The minimum atomic E-state index is -1.08. The fourth-order valence-corrected chi connectivity index (χ4v) is 2.08. The van der Waals surface area contributed by atoms with E-state index < -0.39 is 18.1 Å². The number of amides is 1. The Balaban J connectivity index is 1.98. The van der Waals surface area contributed by atoms with Crippen LogP contribution in [-0.4, -0.2) is 40.1 Å². The lowest BCUT2D eigenvalue weighted by atomic mass is 10.1. The highest BCUT2D eigenvalue weighted by molar-refractivity contribution is 5.80. The van der Waals surface area contributed by atoms with Gasteiger partial charge in [0.1, 0.15) is 12.6 Å². The van der Waals surface area contributed by atoms with Crippen LogP contribution in [-0.2, 0) is 22.6 Å². The van der Waals surface area contributed by atoms with Crippen molar-refractivity contribution in [2.75, 3.05) is 7.05 Å². The molecule has 0 saturated carbocycles. The molecule has 1 aromatic heterocycles.